The summed E-state index contributed by atoms with van der Waals surface area (Å²) in [6.07, 6.45) is 3.40. The first-order valence-corrected chi connectivity index (χ1v) is 9.20. The van der Waals surface area contributed by atoms with Crippen LogP contribution in [-0.2, 0) is 6.42 Å². The molecule has 0 saturated carbocycles. The van der Waals surface area contributed by atoms with Gasteiger partial charge in [-0.3, -0.25) is 4.79 Å². The fourth-order valence-corrected chi connectivity index (χ4v) is 3.23. The van der Waals surface area contributed by atoms with Crippen molar-refractivity contribution in [3.63, 3.8) is 0 Å². The third-order valence-electron chi connectivity index (χ3n) is 4.72. The maximum absolute atomic E-state index is 12.8. The minimum atomic E-state index is -0.0570. The number of carbonyl (C=O) groups excluding carboxylic acids is 1. The fraction of sp³-hybridized carbons (Fsp3) is 0.273. The highest BCUT2D eigenvalue weighted by Gasteiger charge is 2.18. The first-order chi connectivity index (χ1) is 12.7. The van der Waals surface area contributed by atoms with Gasteiger partial charge in [-0.25, -0.2) is 4.68 Å². The number of hydrogen-bond acceptors (Lipinski definition) is 2. The van der Waals surface area contributed by atoms with E-state index in [2.05, 4.69) is 29.5 Å². The second-order valence-electron chi connectivity index (χ2n) is 6.33. The number of carbonyl (C=O) groups is 1. The maximum Gasteiger partial charge on any atom is 0.254 e. The molecule has 3 aromatic rings. The fourth-order valence-electron chi connectivity index (χ4n) is 3.23. The topological polar surface area (TPSA) is 46.9 Å². The molecule has 0 aliphatic heterocycles. The van der Waals surface area contributed by atoms with Crippen molar-refractivity contribution in [2.24, 2.45) is 0 Å². The number of aromatic nitrogens is 2. The standard InChI is InChI=1S/C22H25N3O/c1-3-17(18-11-7-5-8-12-18)15-23-22(26)20-16-24-25(21(20)4-2)19-13-9-6-10-14-19/h5-14,16-17H,3-4,15H2,1-2H3,(H,23,26). The van der Waals surface area contributed by atoms with E-state index in [0.29, 0.717) is 18.0 Å². The molecule has 1 atom stereocenters. The van der Waals surface area contributed by atoms with Crippen molar-refractivity contribution in [1.29, 1.82) is 0 Å². The average Bonchev–Trinajstić information content (AvgIpc) is 3.14. The van der Waals surface area contributed by atoms with Gasteiger partial charge < -0.3 is 5.32 Å². The van der Waals surface area contributed by atoms with Gasteiger partial charge in [-0.1, -0.05) is 62.4 Å². The molecule has 1 amide bonds. The van der Waals surface area contributed by atoms with Crippen molar-refractivity contribution in [2.45, 2.75) is 32.6 Å². The lowest BCUT2D eigenvalue weighted by Crippen LogP contribution is -2.29. The van der Waals surface area contributed by atoms with Gasteiger partial charge in [0.1, 0.15) is 0 Å². The second-order valence-corrected chi connectivity index (χ2v) is 6.33. The Bertz CT molecular complexity index is 840. The molecule has 0 aliphatic rings. The molecule has 0 spiro atoms. The summed E-state index contributed by atoms with van der Waals surface area (Å²) in [7, 11) is 0. The Morgan fingerprint density at radius 2 is 1.69 bits per heavy atom. The van der Waals surface area contributed by atoms with Crippen molar-refractivity contribution >= 4 is 5.91 Å². The van der Waals surface area contributed by atoms with Crippen LogP contribution in [0.2, 0.25) is 0 Å². The Hall–Kier alpha value is -2.88. The quantitative estimate of drug-likeness (QED) is 0.690. The van der Waals surface area contributed by atoms with E-state index in [-0.39, 0.29) is 5.91 Å². The molecule has 0 aliphatic carbocycles. The first kappa shape index (κ1) is 17.9. The lowest BCUT2D eigenvalue weighted by molar-refractivity contribution is 0.0950. The molecule has 134 valence electrons. The summed E-state index contributed by atoms with van der Waals surface area (Å²) in [5, 5.41) is 7.54. The number of para-hydroxylation sites is 1. The minimum Gasteiger partial charge on any atom is -0.351 e. The van der Waals surface area contributed by atoms with Crippen LogP contribution in [0.4, 0.5) is 0 Å². The highest BCUT2D eigenvalue weighted by atomic mass is 16.1. The number of hydrogen-bond donors (Lipinski definition) is 1. The summed E-state index contributed by atoms with van der Waals surface area (Å²) in [6, 6.07) is 20.2. The predicted octanol–water partition coefficient (Wildman–Crippen LogP) is 4.36. The van der Waals surface area contributed by atoms with Gasteiger partial charge in [0.05, 0.1) is 23.1 Å². The summed E-state index contributed by atoms with van der Waals surface area (Å²) in [5.41, 5.74) is 3.81. The number of nitrogens with zero attached hydrogens (tertiary/aromatic N) is 2. The molecule has 4 heteroatoms. The van der Waals surface area contributed by atoms with Crippen molar-refractivity contribution in [1.82, 2.24) is 15.1 Å². The Kier molecular flexibility index (Phi) is 5.84. The summed E-state index contributed by atoms with van der Waals surface area (Å²) in [4.78, 5) is 12.8. The molecule has 2 aromatic carbocycles. The van der Waals surface area contributed by atoms with E-state index >= 15 is 0 Å². The van der Waals surface area contributed by atoms with E-state index in [9.17, 15) is 4.79 Å². The minimum absolute atomic E-state index is 0.0570. The molecular formula is C22H25N3O. The normalized spacial score (nSPS) is 11.9. The zero-order chi connectivity index (χ0) is 18.4. The zero-order valence-corrected chi connectivity index (χ0v) is 15.4. The van der Waals surface area contributed by atoms with Crippen LogP contribution in [0.15, 0.2) is 66.9 Å². The van der Waals surface area contributed by atoms with Gasteiger partial charge in [-0.2, -0.15) is 5.10 Å². The summed E-state index contributed by atoms with van der Waals surface area (Å²) in [6.45, 7) is 4.82. The molecule has 1 aromatic heterocycles. The average molecular weight is 347 g/mol. The van der Waals surface area contributed by atoms with Crippen molar-refractivity contribution in [3.05, 3.63) is 83.7 Å². The van der Waals surface area contributed by atoms with E-state index in [1.165, 1.54) is 5.56 Å². The third-order valence-corrected chi connectivity index (χ3v) is 4.72. The Morgan fingerprint density at radius 1 is 1.04 bits per heavy atom. The predicted molar refractivity (Wildman–Crippen MR) is 105 cm³/mol. The Balaban J connectivity index is 1.75. The van der Waals surface area contributed by atoms with Crippen LogP contribution >= 0.6 is 0 Å². The number of rotatable bonds is 7. The van der Waals surface area contributed by atoms with Crippen LogP contribution in [0.1, 0.15) is 47.8 Å². The van der Waals surface area contributed by atoms with Gasteiger partial charge in [0.2, 0.25) is 0 Å². The molecular weight excluding hydrogens is 322 g/mol. The SMILES string of the molecule is CCc1c(C(=O)NCC(CC)c2ccccc2)cnn1-c1ccccc1. The monoisotopic (exact) mass is 347 g/mol. The number of benzene rings is 2. The van der Waals surface area contributed by atoms with E-state index in [1.807, 2.05) is 60.1 Å². The Morgan fingerprint density at radius 3 is 2.31 bits per heavy atom. The number of amides is 1. The third kappa shape index (κ3) is 3.85. The van der Waals surface area contributed by atoms with Gasteiger partial charge in [0.15, 0.2) is 0 Å². The largest absolute Gasteiger partial charge is 0.351 e. The summed E-state index contributed by atoms with van der Waals surface area (Å²) < 4.78 is 1.85. The smallest absolute Gasteiger partial charge is 0.254 e. The highest BCUT2D eigenvalue weighted by molar-refractivity contribution is 5.95. The molecule has 0 radical (unpaired) electrons. The lowest BCUT2D eigenvalue weighted by Gasteiger charge is -2.16. The van der Waals surface area contributed by atoms with Crippen molar-refractivity contribution in [2.75, 3.05) is 6.54 Å². The van der Waals surface area contributed by atoms with Gasteiger partial charge >= 0.3 is 0 Å². The van der Waals surface area contributed by atoms with Gasteiger partial charge in [0, 0.05) is 12.5 Å². The van der Waals surface area contributed by atoms with E-state index in [1.54, 1.807) is 6.20 Å². The van der Waals surface area contributed by atoms with Crippen LogP contribution in [0.25, 0.3) is 5.69 Å². The summed E-state index contributed by atoms with van der Waals surface area (Å²) in [5.74, 6) is 0.257. The van der Waals surface area contributed by atoms with Crippen molar-refractivity contribution < 1.29 is 4.79 Å². The van der Waals surface area contributed by atoms with Gasteiger partial charge in [-0.15, -0.1) is 0 Å². The molecule has 0 saturated heterocycles. The lowest BCUT2D eigenvalue weighted by atomic mass is 9.96. The molecule has 1 N–H and O–H groups in total. The zero-order valence-electron chi connectivity index (χ0n) is 15.4. The van der Waals surface area contributed by atoms with Crippen LogP contribution < -0.4 is 5.32 Å². The molecule has 4 nitrogen and oxygen atoms in total. The highest BCUT2D eigenvalue weighted by Crippen LogP contribution is 2.19. The molecule has 0 fully saturated rings. The van der Waals surface area contributed by atoms with Crippen LogP contribution in [0, 0.1) is 0 Å². The number of nitrogens with one attached hydrogen (secondary N) is 1. The van der Waals surface area contributed by atoms with E-state index in [0.717, 1.165) is 24.2 Å². The molecule has 0 bridgehead atoms. The molecule has 26 heavy (non-hydrogen) atoms. The van der Waals surface area contributed by atoms with Crippen LogP contribution in [-0.4, -0.2) is 22.2 Å². The Labute approximate surface area is 154 Å². The summed E-state index contributed by atoms with van der Waals surface area (Å²) >= 11 is 0. The van der Waals surface area contributed by atoms with Gasteiger partial charge in [-0.05, 0) is 30.5 Å². The molecule has 1 unspecified atom stereocenters. The second kappa shape index (κ2) is 8.48. The van der Waals surface area contributed by atoms with Crippen molar-refractivity contribution in [3.8, 4) is 5.69 Å². The maximum atomic E-state index is 12.8. The van der Waals surface area contributed by atoms with Gasteiger partial charge in [0.25, 0.3) is 5.91 Å². The van der Waals surface area contributed by atoms with Crippen LogP contribution in [0.3, 0.4) is 0 Å². The van der Waals surface area contributed by atoms with Crippen LogP contribution in [0.5, 0.6) is 0 Å². The first-order valence-electron chi connectivity index (χ1n) is 9.20. The van der Waals surface area contributed by atoms with E-state index < -0.39 is 0 Å². The molecule has 3 rings (SSSR count). The molecule has 1 heterocycles. The van der Waals surface area contributed by atoms with E-state index in [4.69, 9.17) is 0 Å².